The lowest BCUT2D eigenvalue weighted by Gasteiger charge is -2.21. The molecular formula is C14H12BrClF2N2O. The van der Waals surface area contributed by atoms with Crippen LogP contribution in [-0.2, 0) is 0 Å². The second-order valence-corrected chi connectivity index (χ2v) is 5.53. The molecule has 1 atom stereocenters. The van der Waals surface area contributed by atoms with E-state index >= 15 is 0 Å². The van der Waals surface area contributed by atoms with Crippen molar-refractivity contribution in [3.63, 3.8) is 0 Å². The highest BCUT2D eigenvalue weighted by Crippen LogP contribution is 2.35. The van der Waals surface area contributed by atoms with Crippen molar-refractivity contribution in [2.45, 2.75) is 6.04 Å². The van der Waals surface area contributed by atoms with Crippen LogP contribution in [0.2, 0.25) is 5.02 Å². The van der Waals surface area contributed by atoms with Gasteiger partial charge in [-0.3, -0.25) is 5.84 Å². The molecule has 0 aliphatic carbocycles. The predicted octanol–water partition coefficient (Wildman–Crippen LogP) is 3.94. The minimum atomic E-state index is -0.948. The van der Waals surface area contributed by atoms with E-state index < -0.39 is 17.7 Å². The van der Waals surface area contributed by atoms with Crippen molar-refractivity contribution in [1.29, 1.82) is 0 Å². The molecule has 0 amide bonds. The zero-order chi connectivity index (χ0) is 15.6. The highest BCUT2D eigenvalue weighted by molar-refractivity contribution is 9.10. The number of hydrogen-bond donors (Lipinski definition) is 2. The van der Waals surface area contributed by atoms with Crippen LogP contribution in [0.25, 0.3) is 0 Å². The molecule has 0 saturated carbocycles. The number of nitrogens with two attached hydrogens (primary N) is 1. The average molecular weight is 378 g/mol. The van der Waals surface area contributed by atoms with E-state index in [4.69, 9.17) is 22.2 Å². The summed E-state index contributed by atoms with van der Waals surface area (Å²) in [6.07, 6.45) is 0. The van der Waals surface area contributed by atoms with Crippen LogP contribution in [0.5, 0.6) is 5.75 Å². The molecule has 7 heteroatoms. The first kappa shape index (κ1) is 16.2. The van der Waals surface area contributed by atoms with Gasteiger partial charge in [0.15, 0.2) is 0 Å². The lowest BCUT2D eigenvalue weighted by Crippen LogP contribution is -2.30. The van der Waals surface area contributed by atoms with Gasteiger partial charge in [0, 0.05) is 16.1 Å². The molecule has 0 radical (unpaired) electrons. The average Bonchev–Trinajstić information content (AvgIpc) is 2.47. The summed E-state index contributed by atoms with van der Waals surface area (Å²) in [6, 6.07) is 6.27. The highest BCUT2D eigenvalue weighted by atomic mass is 79.9. The van der Waals surface area contributed by atoms with E-state index in [1.54, 1.807) is 18.2 Å². The smallest absolute Gasteiger partial charge is 0.145 e. The Kier molecular flexibility index (Phi) is 5.16. The number of hydrazine groups is 1. The van der Waals surface area contributed by atoms with Crippen molar-refractivity contribution in [1.82, 2.24) is 5.43 Å². The monoisotopic (exact) mass is 376 g/mol. The van der Waals surface area contributed by atoms with Crippen molar-refractivity contribution in [2.75, 3.05) is 7.11 Å². The number of hydrogen-bond acceptors (Lipinski definition) is 3. The molecular weight excluding hydrogens is 366 g/mol. The minimum absolute atomic E-state index is 0.139. The van der Waals surface area contributed by atoms with Crippen LogP contribution in [0.1, 0.15) is 17.2 Å². The lowest BCUT2D eigenvalue weighted by atomic mass is 9.97. The van der Waals surface area contributed by atoms with Crippen LogP contribution in [-0.4, -0.2) is 7.11 Å². The van der Waals surface area contributed by atoms with Crippen molar-refractivity contribution < 1.29 is 13.5 Å². The Labute approximate surface area is 134 Å². The Bertz CT molecular complexity index is 670. The third kappa shape index (κ3) is 3.18. The van der Waals surface area contributed by atoms with E-state index in [1.165, 1.54) is 13.2 Å². The zero-order valence-corrected chi connectivity index (χ0v) is 13.3. The van der Waals surface area contributed by atoms with Gasteiger partial charge in [0.05, 0.1) is 17.6 Å². The molecule has 0 aliphatic heterocycles. The summed E-state index contributed by atoms with van der Waals surface area (Å²) in [7, 11) is 1.45. The number of benzene rings is 2. The Hall–Kier alpha value is -1.21. The van der Waals surface area contributed by atoms with Gasteiger partial charge in [-0.1, -0.05) is 11.6 Å². The molecule has 0 bridgehead atoms. The Morgan fingerprint density at radius 2 is 2.00 bits per heavy atom. The molecule has 21 heavy (non-hydrogen) atoms. The fourth-order valence-electron chi connectivity index (χ4n) is 2.07. The van der Waals surface area contributed by atoms with Gasteiger partial charge in [-0.2, -0.15) is 0 Å². The largest absolute Gasteiger partial charge is 0.496 e. The second kappa shape index (κ2) is 6.70. The first-order chi connectivity index (χ1) is 9.99. The maximum Gasteiger partial charge on any atom is 0.145 e. The van der Waals surface area contributed by atoms with Gasteiger partial charge < -0.3 is 4.74 Å². The second-order valence-electron chi connectivity index (χ2n) is 4.24. The van der Waals surface area contributed by atoms with Gasteiger partial charge >= 0.3 is 0 Å². The molecule has 0 aromatic heterocycles. The molecule has 3 N–H and O–H groups in total. The number of rotatable bonds is 4. The topological polar surface area (TPSA) is 47.3 Å². The van der Waals surface area contributed by atoms with Gasteiger partial charge in [0.2, 0.25) is 0 Å². The molecule has 1 unspecified atom stereocenters. The summed E-state index contributed by atoms with van der Waals surface area (Å²) in [5, 5.41) is 0.405. The first-order valence-corrected chi connectivity index (χ1v) is 7.09. The number of nitrogens with one attached hydrogen (secondary N) is 1. The Morgan fingerprint density at radius 3 is 2.62 bits per heavy atom. The maximum atomic E-state index is 14.3. The van der Waals surface area contributed by atoms with Crippen LogP contribution in [0.4, 0.5) is 8.78 Å². The van der Waals surface area contributed by atoms with Gasteiger partial charge in [-0.05, 0) is 46.3 Å². The van der Waals surface area contributed by atoms with Gasteiger partial charge in [0.1, 0.15) is 17.4 Å². The molecule has 2 rings (SSSR count). The summed E-state index contributed by atoms with van der Waals surface area (Å²) >= 11 is 8.98. The van der Waals surface area contributed by atoms with Gasteiger partial charge in [-0.15, -0.1) is 0 Å². The molecule has 0 aliphatic rings. The van der Waals surface area contributed by atoms with Crippen LogP contribution >= 0.6 is 27.5 Å². The van der Waals surface area contributed by atoms with E-state index in [0.29, 0.717) is 16.3 Å². The van der Waals surface area contributed by atoms with Crippen molar-refractivity contribution in [3.05, 3.63) is 62.6 Å². The number of halogens is 4. The molecule has 0 saturated heterocycles. The van der Waals surface area contributed by atoms with E-state index in [1.807, 2.05) is 0 Å². The Balaban J connectivity index is 2.66. The molecule has 0 heterocycles. The lowest BCUT2D eigenvalue weighted by molar-refractivity contribution is 0.401. The summed E-state index contributed by atoms with van der Waals surface area (Å²) < 4.78 is 33.7. The molecule has 3 nitrogen and oxygen atoms in total. The molecule has 2 aromatic carbocycles. The maximum absolute atomic E-state index is 14.3. The predicted molar refractivity (Wildman–Crippen MR) is 81.2 cm³/mol. The normalized spacial score (nSPS) is 12.3. The van der Waals surface area contributed by atoms with E-state index in [2.05, 4.69) is 21.4 Å². The fourth-order valence-corrected chi connectivity index (χ4v) is 2.59. The van der Waals surface area contributed by atoms with Crippen LogP contribution in [0.15, 0.2) is 34.8 Å². The summed E-state index contributed by atoms with van der Waals surface area (Å²) in [6.45, 7) is 0. The summed E-state index contributed by atoms with van der Waals surface area (Å²) in [5.41, 5.74) is 2.62. The van der Waals surface area contributed by atoms with E-state index in [0.717, 1.165) is 6.07 Å². The van der Waals surface area contributed by atoms with Crippen LogP contribution in [0.3, 0.4) is 0 Å². The Morgan fingerprint density at radius 1 is 1.29 bits per heavy atom. The SMILES string of the molecule is COc1ccc(Cl)cc1C(NN)c1c(F)ccc(Br)c1F. The van der Waals surface area contributed by atoms with Crippen molar-refractivity contribution >= 4 is 27.5 Å². The number of methoxy groups -OCH3 is 1. The first-order valence-electron chi connectivity index (χ1n) is 5.92. The molecule has 0 fully saturated rings. The van der Waals surface area contributed by atoms with Crippen molar-refractivity contribution in [3.8, 4) is 5.75 Å². The summed E-state index contributed by atoms with van der Waals surface area (Å²) in [5.74, 6) is 4.46. The van der Waals surface area contributed by atoms with Gasteiger partial charge in [0.25, 0.3) is 0 Å². The van der Waals surface area contributed by atoms with Crippen LogP contribution in [0, 0.1) is 11.6 Å². The standard InChI is InChI=1S/C14H12BrClF2N2O/c1-21-11-5-2-7(16)6-8(11)14(20-19)12-10(17)4-3-9(15)13(12)18/h2-6,14,20H,19H2,1H3. The third-order valence-corrected chi connectivity index (χ3v) is 3.89. The van der Waals surface area contributed by atoms with E-state index in [-0.39, 0.29) is 10.0 Å². The fraction of sp³-hybridized carbons (Fsp3) is 0.143. The highest BCUT2D eigenvalue weighted by Gasteiger charge is 2.25. The van der Waals surface area contributed by atoms with Crippen molar-refractivity contribution in [2.24, 2.45) is 5.84 Å². The summed E-state index contributed by atoms with van der Waals surface area (Å²) in [4.78, 5) is 0. The minimum Gasteiger partial charge on any atom is -0.496 e. The zero-order valence-electron chi connectivity index (χ0n) is 11.0. The van der Waals surface area contributed by atoms with Crippen LogP contribution < -0.4 is 16.0 Å². The number of ether oxygens (including phenoxy) is 1. The molecule has 0 spiro atoms. The van der Waals surface area contributed by atoms with Gasteiger partial charge in [-0.25, -0.2) is 14.2 Å². The molecule has 2 aromatic rings. The molecule has 112 valence electrons. The third-order valence-electron chi connectivity index (χ3n) is 3.04. The quantitative estimate of drug-likeness (QED) is 0.482. The van der Waals surface area contributed by atoms with E-state index in [9.17, 15) is 8.78 Å².